The van der Waals surface area contributed by atoms with Crippen molar-refractivity contribution in [3.05, 3.63) is 50.6 Å². The zero-order chi connectivity index (χ0) is 28.9. The van der Waals surface area contributed by atoms with Gasteiger partial charge in [-0.1, -0.05) is 31.2 Å². The quantitative estimate of drug-likeness (QED) is 0.0824. The number of aliphatic hydroxyl groups is 1. The van der Waals surface area contributed by atoms with E-state index in [0.29, 0.717) is 25.2 Å². The summed E-state index contributed by atoms with van der Waals surface area (Å²) < 4.78 is 83.3. The Balaban J connectivity index is 8.44. The lowest BCUT2D eigenvalue weighted by Crippen LogP contribution is -2.80. The fourth-order valence-corrected chi connectivity index (χ4v) is 7.87. The Morgan fingerprint density at radius 2 is 1.22 bits per heavy atom. The molecular weight excluding hydrogens is 560 g/mol. The molecule has 9 unspecified atom stereocenters. The molecule has 17 heteroatoms. The number of nitrogens with two attached hydrogens (primary N) is 2. The number of carbonyl (C=O) groups is 2. The first-order valence-corrected chi connectivity index (χ1v) is 14.2. The van der Waals surface area contributed by atoms with Crippen LogP contribution in [0.25, 0.3) is 0 Å². The van der Waals surface area contributed by atoms with Crippen LogP contribution in [0.4, 0.5) is 0 Å². The van der Waals surface area contributed by atoms with E-state index < -0.39 is 100.0 Å². The SMILES string of the molecule is C=CC(CCC(O)(C(C=C)S(=O)O)C(C)(C(C=C)(C(N)=O)S(=O)O)C(C=C)(C(N)=O)S(=O)O)S(=O)O. The normalized spacial score (nSPS) is 23.4. The first-order chi connectivity index (χ1) is 16.4. The van der Waals surface area contributed by atoms with Gasteiger partial charge in [-0.2, -0.15) is 0 Å². The van der Waals surface area contributed by atoms with Crippen molar-refractivity contribution in [3.63, 3.8) is 0 Å². The molecule has 0 aliphatic carbocycles. The lowest BCUT2D eigenvalue weighted by molar-refractivity contribution is -0.147. The van der Waals surface area contributed by atoms with Crippen molar-refractivity contribution >= 4 is 56.1 Å². The Bertz CT molecular complexity index is 959. The minimum atomic E-state index is -3.54. The maximum atomic E-state index is 12.8. The van der Waals surface area contributed by atoms with Gasteiger partial charge >= 0.3 is 0 Å². The second kappa shape index (κ2) is 12.7. The predicted octanol–water partition coefficient (Wildman–Crippen LogP) is -0.680. The molecule has 9 atom stereocenters. The number of primary amides is 2. The lowest BCUT2D eigenvalue weighted by Gasteiger charge is -2.59. The predicted molar refractivity (Wildman–Crippen MR) is 138 cm³/mol. The molecule has 0 aromatic heterocycles. The summed E-state index contributed by atoms with van der Waals surface area (Å²) >= 11 is -12.8. The van der Waals surface area contributed by atoms with E-state index >= 15 is 0 Å². The van der Waals surface area contributed by atoms with Gasteiger partial charge in [0.15, 0.2) is 53.8 Å². The van der Waals surface area contributed by atoms with Crippen LogP contribution in [0.3, 0.4) is 0 Å². The average Bonchev–Trinajstić information content (AvgIpc) is 2.74. The molecule has 0 bridgehead atoms. The lowest BCUT2D eigenvalue weighted by atomic mass is 9.54. The number of amides is 2. The monoisotopic (exact) mass is 590 g/mol. The van der Waals surface area contributed by atoms with Crippen LogP contribution in [0, 0.1) is 5.41 Å². The number of hydrogen-bond donors (Lipinski definition) is 7. The zero-order valence-electron chi connectivity index (χ0n) is 19.2. The molecule has 0 radical (unpaired) electrons. The fraction of sp³-hybridized carbons (Fsp3) is 0.474. The molecule has 0 spiro atoms. The van der Waals surface area contributed by atoms with Crippen molar-refractivity contribution in [3.8, 4) is 0 Å². The van der Waals surface area contributed by atoms with Gasteiger partial charge in [0.2, 0.25) is 11.8 Å². The summed E-state index contributed by atoms with van der Waals surface area (Å²) in [7, 11) is 0. The third-order valence-electron chi connectivity index (χ3n) is 6.44. The molecule has 9 N–H and O–H groups in total. The molecular formula is C19H30N2O11S4. The van der Waals surface area contributed by atoms with Gasteiger partial charge in [0.05, 0.1) is 16.3 Å². The summed E-state index contributed by atoms with van der Waals surface area (Å²) in [6, 6.07) is 0. The molecule has 0 fully saturated rings. The summed E-state index contributed by atoms with van der Waals surface area (Å²) in [5.74, 6) is -3.51. The van der Waals surface area contributed by atoms with Crippen molar-refractivity contribution in [2.45, 2.75) is 45.4 Å². The standard InChI is InChI=1S/C19H30N2O11S4/c1-6-12(33(25)26)10-11-17(24,13(7-2)34(27)28)16(5,18(8-3,14(20)22)35(29)30)19(9-4,15(21)23)36(31)32/h6-9,12-13,24H,1-4,10-11H2,5H3,(H2,20,22)(H2,21,23)(H,25,26)(H,27,28)(H,29,30)(H,31,32). The van der Waals surface area contributed by atoms with Crippen molar-refractivity contribution in [1.82, 2.24) is 0 Å². The smallest absolute Gasteiger partial charge is 0.243 e. The van der Waals surface area contributed by atoms with Gasteiger partial charge in [0.1, 0.15) is 5.25 Å². The van der Waals surface area contributed by atoms with Crippen molar-refractivity contribution in [2.24, 2.45) is 16.9 Å². The summed E-state index contributed by atoms with van der Waals surface area (Å²) in [6.07, 6.45) is 1.02. The number of rotatable bonds is 17. The second-order valence-corrected chi connectivity index (χ2v) is 12.2. The van der Waals surface area contributed by atoms with Gasteiger partial charge < -0.3 is 34.8 Å². The van der Waals surface area contributed by atoms with E-state index in [1.165, 1.54) is 0 Å². The molecule has 36 heavy (non-hydrogen) atoms. The summed E-state index contributed by atoms with van der Waals surface area (Å²) in [5.41, 5.74) is 4.58. The highest BCUT2D eigenvalue weighted by Crippen LogP contribution is 2.58. The van der Waals surface area contributed by atoms with E-state index in [-0.39, 0.29) is 0 Å². The molecule has 0 saturated carbocycles. The highest BCUT2D eigenvalue weighted by Gasteiger charge is 2.78. The minimum Gasteiger partial charge on any atom is -0.387 e. The van der Waals surface area contributed by atoms with Crippen molar-refractivity contribution in [1.29, 1.82) is 0 Å². The maximum Gasteiger partial charge on any atom is 0.243 e. The Morgan fingerprint density at radius 3 is 1.42 bits per heavy atom. The topological polar surface area (TPSA) is 256 Å². The third-order valence-corrected chi connectivity index (χ3v) is 11.1. The summed E-state index contributed by atoms with van der Waals surface area (Å²) in [4.78, 5) is 25.7. The molecule has 0 rings (SSSR count). The van der Waals surface area contributed by atoms with E-state index in [9.17, 15) is 49.7 Å². The number of hydrogen-bond acceptors (Lipinski definition) is 7. The van der Waals surface area contributed by atoms with E-state index in [4.69, 9.17) is 11.5 Å². The van der Waals surface area contributed by atoms with Gasteiger partial charge in [-0.25, -0.2) is 16.8 Å². The summed E-state index contributed by atoms with van der Waals surface area (Å²) in [5, 5.41) is 8.70. The van der Waals surface area contributed by atoms with E-state index in [1.807, 2.05) is 0 Å². The zero-order valence-corrected chi connectivity index (χ0v) is 22.4. The Kier molecular flexibility index (Phi) is 12.1. The van der Waals surface area contributed by atoms with Crippen molar-refractivity contribution < 1.29 is 49.7 Å². The van der Waals surface area contributed by atoms with Gasteiger partial charge in [-0.3, -0.25) is 9.59 Å². The fourth-order valence-electron chi connectivity index (χ4n) is 4.47. The molecule has 0 aliphatic rings. The molecule has 206 valence electrons. The third kappa shape index (κ3) is 5.03. The Hall–Kier alpha value is -1.70. The summed E-state index contributed by atoms with van der Waals surface area (Å²) in [6.45, 7) is 14.0. The van der Waals surface area contributed by atoms with Crippen LogP contribution in [-0.4, -0.2) is 77.6 Å². The van der Waals surface area contributed by atoms with Crippen LogP contribution >= 0.6 is 0 Å². The highest BCUT2D eigenvalue weighted by molar-refractivity contribution is 7.83. The largest absolute Gasteiger partial charge is 0.387 e. The molecule has 0 aromatic carbocycles. The van der Waals surface area contributed by atoms with Crippen LogP contribution in [0.2, 0.25) is 0 Å². The van der Waals surface area contributed by atoms with E-state index in [0.717, 1.165) is 6.08 Å². The Labute approximate surface area is 218 Å². The van der Waals surface area contributed by atoms with Crippen LogP contribution in [0.5, 0.6) is 0 Å². The first kappa shape index (κ1) is 34.3. The highest BCUT2D eigenvalue weighted by atomic mass is 32.2. The van der Waals surface area contributed by atoms with Crippen molar-refractivity contribution in [2.75, 3.05) is 0 Å². The van der Waals surface area contributed by atoms with Gasteiger partial charge in [0, 0.05) is 0 Å². The minimum absolute atomic E-state index is 0.431. The Morgan fingerprint density at radius 1 is 0.833 bits per heavy atom. The van der Waals surface area contributed by atoms with Gasteiger partial charge in [-0.05, 0) is 12.8 Å². The molecule has 2 amide bonds. The molecule has 0 saturated heterocycles. The number of carbonyl (C=O) groups excluding carboxylic acids is 2. The van der Waals surface area contributed by atoms with Crippen LogP contribution in [0.15, 0.2) is 50.6 Å². The van der Waals surface area contributed by atoms with Crippen LogP contribution in [0.1, 0.15) is 19.8 Å². The van der Waals surface area contributed by atoms with Gasteiger partial charge in [0.25, 0.3) is 0 Å². The maximum absolute atomic E-state index is 12.8. The van der Waals surface area contributed by atoms with Gasteiger partial charge in [-0.15, -0.1) is 26.3 Å². The first-order valence-electron chi connectivity index (χ1n) is 9.66. The molecule has 0 aliphatic heterocycles. The van der Waals surface area contributed by atoms with Crippen LogP contribution < -0.4 is 11.5 Å². The molecule has 0 heterocycles. The van der Waals surface area contributed by atoms with E-state index in [1.54, 1.807) is 0 Å². The molecule has 0 aromatic rings. The van der Waals surface area contributed by atoms with Crippen LogP contribution in [-0.2, 0) is 53.9 Å². The second-order valence-electron chi connectivity index (χ2n) is 7.68. The average molecular weight is 591 g/mol. The molecule has 13 nitrogen and oxygen atoms in total. The van der Waals surface area contributed by atoms with E-state index in [2.05, 4.69) is 26.3 Å².